The molecular weight excluding hydrogens is 1590 g/mol. The van der Waals surface area contributed by atoms with Gasteiger partial charge in [0.25, 0.3) is 0 Å². The van der Waals surface area contributed by atoms with E-state index in [9.17, 15) is 33.6 Å². The van der Waals surface area contributed by atoms with Crippen LogP contribution >= 0.6 is 88.4 Å². The van der Waals surface area contributed by atoms with Gasteiger partial charge < -0.3 is 33.2 Å². The minimum atomic E-state index is -0.488. The van der Waals surface area contributed by atoms with Crippen LogP contribution < -0.4 is 0 Å². The third-order valence-corrected chi connectivity index (χ3v) is 30.8. The summed E-state index contributed by atoms with van der Waals surface area (Å²) in [6.45, 7) is 49.1. The Kier molecular flexibility index (Phi) is 54.4. The first kappa shape index (κ1) is 113. The van der Waals surface area contributed by atoms with Gasteiger partial charge in [0.1, 0.15) is 12.2 Å². The number of esters is 7. The van der Waals surface area contributed by atoms with Gasteiger partial charge in [0.05, 0.1) is 60.9 Å². The van der Waals surface area contributed by atoms with E-state index >= 15 is 0 Å². The molecule has 0 amide bonds. The van der Waals surface area contributed by atoms with Crippen molar-refractivity contribution in [2.24, 2.45) is 158 Å². The zero-order chi connectivity index (χ0) is 89.1. The summed E-state index contributed by atoms with van der Waals surface area (Å²) in [5.74, 6) is 18.2. The number of carbonyl (C=O) groups excluding carboxylic acids is 7. The van der Waals surface area contributed by atoms with Gasteiger partial charge in [0.15, 0.2) is 4.93 Å². The highest BCUT2D eigenvalue weighted by molar-refractivity contribution is 7.81. The molecule has 15 aliphatic carbocycles. The standard InChI is InChI=1S/C15H20O2.C14H18O2.C10H14O2S.C10H16O2S.C9H12O2.C8H10O2.C4H6O2.10C2H6.5CH4S/c16-14-15(3-4-17-14)7-10-6-11(15)13-9-2-1-8(5-9)12(10)13;15-14-13-9-4-8(10(13)5-16-14)11-6-1-2-7(3-6)12(9)11;11-10-7-2-5-1-6(4-7)9(13)8(3-5)12-10;1-8(2)6-10(13)5-4-9(8,3)7(11)12-10;10-9-8-6-2-1-5(3-6)7(8)4-11-9;9-8-6-2-4-1-5(6)7(3-4)10-8;5-4-2-1-3-6-4;15*1-2/h8-13H,1-7H2;6-13H,1-5H2;5-9,13H,1-4H2;13H,4-6H2,1-3H3;5-8H,1-4H2;4-7H,1-3H2;1-3H2;10*1-2H3;5*2H,1H3. The Morgan fingerprint density at radius 2 is 0.862 bits per heavy atom. The number of ether oxygens (including phenoxy) is 7. The van der Waals surface area contributed by atoms with Crippen molar-refractivity contribution in [2.45, 2.75) is 342 Å². The summed E-state index contributed by atoms with van der Waals surface area (Å²) in [5.41, 5.74) is -0.282. The lowest BCUT2D eigenvalue weighted by Crippen LogP contribution is -2.59. The van der Waals surface area contributed by atoms with Crippen LogP contribution in [0.15, 0.2) is 0 Å². The average Bonchev–Trinajstić information content (AvgIpc) is 1.47. The molecule has 0 aromatic heterocycles. The minimum absolute atomic E-state index is 0.00366. The molecular formula is C95H176O14S7. The van der Waals surface area contributed by atoms with Crippen LogP contribution in [0.4, 0.5) is 0 Å². The summed E-state index contributed by atoms with van der Waals surface area (Å²) in [6, 6.07) is 0. The Morgan fingerprint density at radius 1 is 0.371 bits per heavy atom. The Hall–Kier alpha value is -1.26. The predicted octanol–water partition coefficient (Wildman–Crippen LogP) is 24.2. The molecule has 0 radical (unpaired) electrons. The molecule has 24 aliphatic rings. The molecule has 24 rings (SSSR count). The fourth-order valence-corrected chi connectivity index (χ4v) is 26.9. The van der Waals surface area contributed by atoms with E-state index in [0.29, 0.717) is 84.2 Å². The van der Waals surface area contributed by atoms with Crippen molar-refractivity contribution in [3.05, 3.63) is 0 Å². The van der Waals surface area contributed by atoms with Crippen LogP contribution in [0.3, 0.4) is 0 Å². The second kappa shape index (κ2) is 56.0. The van der Waals surface area contributed by atoms with Gasteiger partial charge in [-0.3, -0.25) is 33.6 Å². The normalized spacial score (nSPS) is 41.1. The van der Waals surface area contributed by atoms with Crippen LogP contribution in [0.25, 0.3) is 0 Å². The summed E-state index contributed by atoms with van der Waals surface area (Å²) in [5, 5.41) is 0.311. The zero-order valence-electron chi connectivity index (χ0n) is 78.4. The fourth-order valence-electron chi connectivity index (χ4n) is 25.9. The maximum absolute atomic E-state index is 12.2. The molecule has 30 atom stereocenters. The van der Waals surface area contributed by atoms with Crippen LogP contribution in [-0.2, 0) is 66.7 Å². The number of thiol groups is 7. The van der Waals surface area contributed by atoms with Crippen LogP contribution in [0, 0.1) is 158 Å². The van der Waals surface area contributed by atoms with Gasteiger partial charge in [-0.25, -0.2) is 0 Å². The number of fused-ring (bicyclic) bond motifs is 32. The molecule has 9 aliphatic heterocycles. The van der Waals surface area contributed by atoms with Crippen LogP contribution in [0.5, 0.6) is 0 Å². The number of cyclic esters (lactones) is 4. The SMILES string of the molecule is CC.CC.CC.CC.CC.CC.CC.CC.CC.CC.CC1(C)CC2(S)CCC1(C)C(=O)O2.CS.CS.CS.CS.CS.O=C1CCCO1.O=C1OC2CC3CC1C2C3.O=C1OC2CC3CC1CC(C3)C2S.O=C1OCC2C3CC(C12)C1C2CCC(C2)C31.O=C1OCC2C3CCC(C3)C12.O=C1OCCC12CC1CC2C2C3CCC(C3)C12. The topological polar surface area (TPSA) is 184 Å². The molecule has 0 N–H and O–H groups in total. The minimum Gasteiger partial charge on any atom is -0.466 e. The second-order valence-corrected chi connectivity index (χ2v) is 34.9. The Bertz CT molecular complexity index is 2810. The lowest BCUT2D eigenvalue weighted by atomic mass is 9.56. The molecule has 14 nitrogen and oxygen atoms in total. The maximum atomic E-state index is 12.2. The van der Waals surface area contributed by atoms with Gasteiger partial charge in [0, 0.05) is 35.8 Å². The highest BCUT2D eigenvalue weighted by Crippen LogP contribution is 2.74. The Morgan fingerprint density at radius 3 is 1.34 bits per heavy atom. The van der Waals surface area contributed by atoms with Gasteiger partial charge >= 0.3 is 41.8 Å². The smallest absolute Gasteiger partial charge is 0.313 e. The third kappa shape index (κ3) is 24.5. The van der Waals surface area contributed by atoms with Crippen LogP contribution in [0.1, 0.15) is 320 Å². The van der Waals surface area contributed by atoms with E-state index in [0.717, 1.165) is 160 Å². The Labute approximate surface area is 749 Å². The lowest BCUT2D eigenvalue weighted by molar-refractivity contribution is -0.207. The molecule has 0 aromatic carbocycles. The molecule has 1 spiro atoms. The second-order valence-electron chi connectivity index (χ2n) is 33.5. The molecule has 21 heteroatoms. The third-order valence-electron chi connectivity index (χ3n) is 29.6. The summed E-state index contributed by atoms with van der Waals surface area (Å²) >= 11 is 26.7. The highest BCUT2D eigenvalue weighted by Gasteiger charge is 2.72. The average molecular weight is 1770 g/mol. The van der Waals surface area contributed by atoms with Crippen molar-refractivity contribution in [3.8, 4) is 0 Å². The lowest BCUT2D eigenvalue weighted by Gasteiger charge is -2.57. The zero-order valence-corrected chi connectivity index (χ0v) is 84.7. The van der Waals surface area contributed by atoms with Crippen molar-refractivity contribution in [2.75, 3.05) is 57.7 Å². The molecule has 9 heterocycles. The summed E-state index contributed by atoms with van der Waals surface area (Å²) in [7, 11) is 0. The van der Waals surface area contributed by atoms with Crippen molar-refractivity contribution in [1.82, 2.24) is 0 Å². The highest BCUT2D eigenvalue weighted by atomic mass is 32.1. The predicted molar refractivity (Wildman–Crippen MR) is 506 cm³/mol. The van der Waals surface area contributed by atoms with Crippen molar-refractivity contribution < 1.29 is 66.7 Å². The van der Waals surface area contributed by atoms with E-state index in [1.807, 2.05) is 145 Å². The Balaban J connectivity index is 0.000000648. The molecule has 682 valence electrons. The van der Waals surface area contributed by atoms with E-state index in [1.54, 1.807) is 31.3 Å². The first-order valence-electron chi connectivity index (χ1n) is 47.2. The summed E-state index contributed by atoms with van der Waals surface area (Å²) in [6.07, 6.45) is 38.9. The van der Waals surface area contributed by atoms with Gasteiger partial charge in [-0.15, -0.1) is 12.6 Å². The first-order chi connectivity index (χ1) is 56.3. The molecule has 18 bridgehead atoms. The fraction of sp³-hybridized carbons (Fsp3) is 0.926. The van der Waals surface area contributed by atoms with E-state index < -0.39 is 4.93 Å². The molecule has 9 saturated heterocycles. The van der Waals surface area contributed by atoms with Crippen molar-refractivity contribution >= 4 is 130 Å². The number of hydrogen-bond donors (Lipinski definition) is 7. The summed E-state index contributed by atoms with van der Waals surface area (Å²) < 4.78 is 36.2. The monoisotopic (exact) mass is 1770 g/mol. The van der Waals surface area contributed by atoms with Crippen molar-refractivity contribution in [3.63, 3.8) is 0 Å². The van der Waals surface area contributed by atoms with Crippen LogP contribution in [0.2, 0.25) is 0 Å². The van der Waals surface area contributed by atoms with Crippen LogP contribution in [-0.4, -0.2) is 122 Å². The van der Waals surface area contributed by atoms with E-state index in [1.165, 1.54) is 89.9 Å². The van der Waals surface area contributed by atoms with E-state index in [-0.39, 0.29) is 70.1 Å². The first-order valence-corrected chi connectivity index (χ1v) is 52.6. The summed E-state index contributed by atoms with van der Waals surface area (Å²) in [4.78, 5) is 79.1. The number of carbonyl (C=O) groups is 7. The molecule has 0 aromatic rings. The molecule has 116 heavy (non-hydrogen) atoms. The number of rotatable bonds is 0. The van der Waals surface area contributed by atoms with Gasteiger partial charge in [0.2, 0.25) is 0 Å². The molecule has 30 unspecified atom stereocenters. The van der Waals surface area contributed by atoms with E-state index in [4.69, 9.17) is 28.4 Å². The van der Waals surface area contributed by atoms with Gasteiger partial charge in [-0.2, -0.15) is 75.8 Å². The van der Waals surface area contributed by atoms with E-state index in [2.05, 4.69) is 107 Å². The largest absolute Gasteiger partial charge is 0.466 e. The van der Waals surface area contributed by atoms with Gasteiger partial charge in [-0.05, 0) is 292 Å². The van der Waals surface area contributed by atoms with Crippen molar-refractivity contribution in [1.29, 1.82) is 0 Å². The quantitative estimate of drug-likeness (QED) is 0.0526. The maximum Gasteiger partial charge on any atom is 0.313 e. The van der Waals surface area contributed by atoms with Gasteiger partial charge in [-0.1, -0.05) is 152 Å². The number of hydrogen-bond acceptors (Lipinski definition) is 21. The molecule has 15 saturated carbocycles. The molecule has 24 fully saturated rings.